The molecule has 1 rings (SSSR count). The molecule has 7 heteroatoms. The van der Waals surface area contributed by atoms with Crippen LogP contribution >= 0.6 is 0 Å². The molecule has 0 spiro atoms. The Morgan fingerprint density at radius 1 is 1.56 bits per heavy atom. The maximum Gasteiger partial charge on any atom is 0.232 e. The fraction of sp³-hybridized carbons (Fsp3) is 0.889. The molecule has 1 aliphatic heterocycles. The summed E-state index contributed by atoms with van der Waals surface area (Å²) in [5.74, 6) is -0.539. The van der Waals surface area contributed by atoms with E-state index in [0.717, 1.165) is 13.0 Å². The first-order valence-corrected chi connectivity index (χ1v) is 7.07. The van der Waals surface area contributed by atoms with Crippen molar-refractivity contribution in [1.82, 2.24) is 9.62 Å². The number of hydrogen-bond acceptors (Lipinski definition) is 4. The van der Waals surface area contributed by atoms with E-state index in [2.05, 4.69) is 5.32 Å². The maximum atomic E-state index is 11.9. The lowest BCUT2D eigenvalue weighted by Gasteiger charge is -2.26. The van der Waals surface area contributed by atoms with E-state index in [-0.39, 0.29) is 18.3 Å². The fourth-order valence-electron chi connectivity index (χ4n) is 1.87. The van der Waals surface area contributed by atoms with Gasteiger partial charge in [0, 0.05) is 12.6 Å². The second kappa shape index (κ2) is 5.60. The highest BCUT2D eigenvalue weighted by molar-refractivity contribution is 7.89. The van der Waals surface area contributed by atoms with E-state index in [1.165, 1.54) is 4.31 Å². The molecule has 0 saturated carbocycles. The Kier molecular flexibility index (Phi) is 4.69. The van der Waals surface area contributed by atoms with Gasteiger partial charge >= 0.3 is 0 Å². The molecule has 1 fully saturated rings. The van der Waals surface area contributed by atoms with E-state index in [9.17, 15) is 13.2 Å². The molecule has 1 atom stereocenters. The summed E-state index contributed by atoms with van der Waals surface area (Å²) < 4.78 is 25.1. The molecule has 16 heavy (non-hydrogen) atoms. The van der Waals surface area contributed by atoms with Crippen LogP contribution in [0, 0.1) is 0 Å². The first-order chi connectivity index (χ1) is 7.47. The van der Waals surface area contributed by atoms with Crippen LogP contribution < -0.4 is 11.1 Å². The standard InChI is InChI=1S/C9H19N3O3S/c1-2-5-16(14,15)12(7-9(10)13)8-3-4-11-6-8/h8,11H,2-7H2,1H3,(H2,10,13). The summed E-state index contributed by atoms with van der Waals surface area (Å²) in [4.78, 5) is 10.9. The molecule has 1 unspecified atom stereocenters. The highest BCUT2D eigenvalue weighted by Gasteiger charge is 2.32. The summed E-state index contributed by atoms with van der Waals surface area (Å²) in [6.07, 6.45) is 1.27. The maximum absolute atomic E-state index is 11.9. The topological polar surface area (TPSA) is 92.5 Å². The lowest BCUT2D eigenvalue weighted by atomic mass is 10.2. The van der Waals surface area contributed by atoms with Crippen molar-refractivity contribution < 1.29 is 13.2 Å². The molecule has 1 heterocycles. The molecule has 6 nitrogen and oxygen atoms in total. The zero-order chi connectivity index (χ0) is 12.2. The van der Waals surface area contributed by atoms with Gasteiger partial charge in [0.05, 0.1) is 12.3 Å². The first-order valence-electron chi connectivity index (χ1n) is 5.46. The van der Waals surface area contributed by atoms with Crippen LogP contribution in [0.2, 0.25) is 0 Å². The average molecular weight is 249 g/mol. The minimum atomic E-state index is -3.36. The molecule has 0 aromatic carbocycles. The van der Waals surface area contributed by atoms with E-state index in [0.29, 0.717) is 13.0 Å². The van der Waals surface area contributed by atoms with Gasteiger partial charge in [-0.05, 0) is 19.4 Å². The summed E-state index contributed by atoms with van der Waals surface area (Å²) in [6.45, 7) is 2.96. The second-order valence-corrected chi connectivity index (χ2v) is 6.02. The van der Waals surface area contributed by atoms with Crippen molar-refractivity contribution in [2.24, 2.45) is 5.73 Å². The zero-order valence-corrected chi connectivity index (χ0v) is 10.3. The van der Waals surface area contributed by atoms with Gasteiger partial charge in [0.25, 0.3) is 0 Å². The average Bonchev–Trinajstić information content (AvgIpc) is 2.66. The van der Waals surface area contributed by atoms with Crippen molar-refractivity contribution in [2.75, 3.05) is 25.4 Å². The number of sulfonamides is 1. The third kappa shape index (κ3) is 3.43. The molecule has 0 aromatic rings. The number of nitrogens with one attached hydrogen (secondary N) is 1. The lowest BCUT2D eigenvalue weighted by molar-refractivity contribution is -0.118. The van der Waals surface area contributed by atoms with Gasteiger partial charge in [0.1, 0.15) is 0 Å². The molecule has 0 aliphatic carbocycles. The molecule has 1 amide bonds. The van der Waals surface area contributed by atoms with Crippen LogP contribution in [0.15, 0.2) is 0 Å². The van der Waals surface area contributed by atoms with Gasteiger partial charge in [-0.2, -0.15) is 4.31 Å². The third-order valence-corrected chi connectivity index (χ3v) is 4.64. The van der Waals surface area contributed by atoms with Crippen molar-refractivity contribution in [3.63, 3.8) is 0 Å². The number of carbonyl (C=O) groups excluding carboxylic acids is 1. The zero-order valence-electron chi connectivity index (χ0n) is 9.48. The molecule has 3 N–H and O–H groups in total. The van der Waals surface area contributed by atoms with Gasteiger partial charge in [0.2, 0.25) is 15.9 Å². The van der Waals surface area contributed by atoms with Gasteiger partial charge in [-0.15, -0.1) is 0 Å². The Balaban J connectivity index is 2.81. The van der Waals surface area contributed by atoms with Gasteiger partial charge in [-0.3, -0.25) is 4.79 Å². The predicted molar refractivity (Wildman–Crippen MR) is 61.3 cm³/mol. The van der Waals surface area contributed by atoms with Crippen LogP contribution in [0.25, 0.3) is 0 Å². The Bertz CT molecular complexity index is 336. The number of nitrogens with zero attached hydrogens (tertiary/aromatic N) is 1. The molecule has 1 aliphatic rings. The Hall–Kier alpha value is -0.660. The second-order valence-electron chi connectivity index (χ2n) is 3.97. The quantitative estimate of drug-likeness (QED) is 0.623. The van der Waals surface area contributed by atoms with E-state index >= 15 is 0 Å². The number of nitrogens with two attached hydrogens (primary N) is 1. The summed E-state index contributed by atoms with van der Waals surface area (Å²) in [7, 11) is -3.36. The predicted octanol–water partition coefficient (Wildman–Crippen LogP) is -1.12. The Morgan fingerprint density at radius 3 is 2.69 bits per heavy atom. The third-order valence-electron chi connectivity index (χ3n) is 2.57. The minimum absolute atomic E-state index is 0.0662. The molecule has 0 aromatic heterocycles. The number of primary amides is 1. The van der Waals surface area contributed by atoms with Crippen LogP contribution in [-0.2, 0) is 14.8 Å². The monoisotopic (exact) mass is 249 g/mol. The SMILES string of the molecule is CCCS(=O)(=O)N(CC(N)=O)C1CCNC1. The van der Waals surface area contributed by atoms with Crippen molar-refractivity contribution >= 4 is 15.9 Å². The van der Waals surface area contributed by atoms with Crippen molar-refractivity contribution in [2.45, 2.75) is 25.8 Å². The largest absolute Gasteiger partial charge is 0.369 e. The summed E-state index contributed by atoms with van der Waals surface area (Å²) >= 11 is 0. The van der Waals surface area contributed by atoms with Crippen molar-refractivity contribution in [3.8, 4) is 0 Å². The summed E-state index contributed by atoms with van der Waals surface area (Å²) in [5, 5.41) is 3.08. The molecular formula is C9H19N3O3S. The lowest BCUT2D eigenvalue weighted by Crippen LogP contribution is -2.46. The summed E-state index contributed by atoms with van der Waals surface area (Å²) in [6, 6.07) is -0.135. The fourth-order valence-corrected chi connectivity index (χ4v) is 3.58. The van der Waals surface area contributed by atoms with Gasteiger partial charge in [-0.1, -0.05) is 6.92 Å². The van der Waals surface area contributed by atoms with Crippen LogP contribution in [-0.4, -0.2) is 50.1 Å². The first kappa shape index (κ1) is 13.4. The Labute approximate surface area is 96.2 Å². The highest BCUT2D eigenvalue weighted by atomic mass is 32.2. The number of carbonyl (C=O) groups is 1. The molecule has 0 radical (unpaired) electrons. The number of hydrogen-bond donors (Lipinski definition) is 2. The van der Waals surface area contributed by atoms with Gasteiger partial charge < -0.3 is 11.1 Å². The van der Waals surface area contributed by atoms with E-state index in [1.807, 2.05) is 0 Å². The van der Waals surface area contributed by atoms with E-state index < -0.39 is 15.9 Å². The normalized spacial score (nSPS) is 21.5. The van der Waals surface area contributed by atoms with Crippen LogP contribution in [0.3, 0.4) is 0 Å². The van der Waals surface area contributed by atoms with Crippen LogP contribution in [0.5, 0.6) is 0 Å². The smallest absolute Gasteiger partial charge is 0.232 e. The number of rotatable bonds is 6. The van der Waals surface area contributed by atoms with Crippen molar-refractivity contribution in [1.29, 1.82) is 0 Å². The highest BCUT2D eigenvalue weighted by Crippen LogP contribution is 2.14. The van der Waals surface area contributed by atoms with Crippen molar-refractivity contribution in [3.05, 3.63) is 0 Å². The van der Waals surface area contributed by atoms with Gasteiger partial charge in [-0.25, -0.2) is 8.42 Å². The van der Waals surface area contributed by atoms with Gasteiger partial charge in [0.15, 0.2) is 0 Å². The molecular weight excluding hydrogens is 230 g/mol. The van der Waals surface area contributed by atoms with Crippen LogP contribution in [0.1, 0.15) is 19.8 Å². The number of amides is 1. The molecule has 1 saturated heterocycles. The molecule has 94 valence electrons. The van der Waals surface area contributed by atoms with Crippen LogP contribution in [0.4, 0.5) is 0 Å². The molecule has 0 bridgehead atoms. The summed E-state index contributed by atoms with van der Waals surface area (Å²) in [5.41, 5.74) is 5.09. The minimum Gasteiger partial charge on any atom is -0.369 e. The van der Waals surface area contributed by atoms with E-state index in [4.69, 9.17) is 5.73 Å². The van der Waals surface area contributed by atoms with E-state index in [1.54, 1.807) is 6.92 Å². The Morgan fingerprint density at radius 2 is 2.25 bits per heavy atom.